The van der Waals surface area contributed by atoms with Gasteiger partial charge in [-0.2, -0.15) is 0 Å². The maximum Gasteiger partial charge on any atom is 0.242 e. The number of fused-ring (bicyclic) bond motifs is 1. The van der Waals surface area contributed by atoms with Crippen LogP contribution in [0.5, 0.6) is 0 Å². The molecule has 3 nitrogen and oxygen atoms in total. The molecule has 0 bridgehead atoms. The number of hydrogen-bond acceptors (Lipinski definition) is 2. The van der Waals surface area contributed by atoms with Crippen molar-refractivity contribution in [2.24, 2.45) is 5.92 Å². The molecule has 1 aromatic carbocycles. The summed E-state index contributed by atoms with van der Waals surface area (Å²) in [7, 11) is 0. The predicted molar refractivity (Wildman–Crippen MR) is 105 cm³/mol. The summed E-state index contributed by atoms with van der Waals surface area (Å²) in [5, 5.41) is 3.77. The third kappa shape index (κ3) is 2.98. The van der Waals surface area contributed by atoms with Crippen molar-refractivity contribution in [3.8, 4) is 0 Å². The number of aryl methyl sites for hydroxylation is 1. The number of allylic oxidation sites excluding steroid dienone is 5. The van der Waals surface area contributed by atoms with Crippen LogP contribution in [0.4, 0.5) is 0 Å². The molecule has 126 valence electrons. The van der Waals surface area contributed by atoms with Crippen LogP contribution in [0.25, 0.3) is 5.57 Å². The second-order valence-electron chi connectivity index (χ2n) is 6.65. The van der Waals surface area contributed by atoms with Crippen molar-refractivity contribution in [1.29, 1.82) is 0 Å². The lowest BCUT2D eigenvalue weighted by molar-refractivity contribution is -0.130. The molecule has 3 aliphatic rings. The van der Waals surface area contributed by atoms with Gasteiger partial charge in [0.1, 0.15) is 0 Å². The molecule has 0 saturated carbocycles. The fourth-order valence-electron chi connectivity index (χ4n) is 3.60. The number of carbonyl (C=O) groups is 1. The van der Waals surface area contributed by atoms with Gasteiger partial charge in [0.05, 0.1) is 12.0 Å². The molecule has 4 rings (SSSR count). The molecule has 25 heavy (non-hydrogen) atoms. The maximum atomic E-state index is 13.0. The first-order valence-electron chi connectivity index (χ1n) is 8.61. The molecule has 2 aliphatic carbocycles. The Kier molecular flexibility index (Phi) is 4.14. The van der Waals surface area contributed by atoms with Gasteiger partial charge >= 0.3 is 0 Å². The lowest BCUT2D eigenvalue weighted by atomic mass is 9.90. The minimum atomic E-state index is -0.199. The first-order valence-corrected chi connectivity index (χ1v) is 9.01. The van der Waals surface area contributed by atoms with E-state index in [-0.39, 0.29) is 17.9 Å². The van der Waals surface area contributed by atoms with Crippen LogP contribution in [-0.4, -0.2) is 22.0 Å². The first-order chi connectivity index (χ1) is 12.1. The van der Waals surface area contributed by atoms with E-state index < -0.39 is 0 Å². The average molecular weight is 348 g/mol. The fourth-order valence-corrected chi connectivity index (χ4v) is 3.93. The summed E-state index contributed by atoms with van der Waals surface area (Å²) in [6, 6.07) is 8.45. The normalized spacial score (nSPS) is 25.2. The Hall–Kier alpha value is -2.46. The van der Waals surface area contributed by atoms with E-state index in [0.29, 0.717) is 5.11 Å². The highest BCUT2D eigenvalue weighted by Crippen LogP contribution is 2.31. The van der Waals surface area contributed by atoms with E-state index in [1.54, 1.807) is 4.90 Å². The molecular formula is C21H20N2OS. The quantitative estimate of drug-likeness (QED) is 0.823. The van der Waals surface area contributed by atoms with Crippen molar-refractivity contribution in [3.63, 3.8) is 0 Å². The van der Waals surface area contributed by atoms with Crippen molar-refractivity contribution in [3.05, 3.63) is 77.5 Å². The van der Waals surface area contributed by atoms with E-state index in [9.17, 15) is 4.79 Å². The van der Waals surface area contributed by atoms with E-state index >= 15 is 0 Å². The van der Waals surface area contributed by atoms with Crippen LogP contribution < -0.4 is 5.32 Å². The minimum Gasteiger partial charge on any atom is -0.355 e. The van der Waals surface area contributed by atoms with Crippen LogP contribution in [0.15, 0.2) is 66.4 Å². The number of hydrogen-bond donors (Lipinski definition) is 1. The fraction of sp³-hybridized carbons (Fsp3) is 0.238. The zero-order chi connectivity index (χ0) is 17.4. The summed E-state index contributed by atoms with van der Waals surface area (Å²) in [4.78, 5) is 14.7. The van der Waals surface area contributed by atoms with Crippen molar-refractivity contribution < 1.29 is 4.79 Å². The van der Waals surface area contributed by atoms with Gasteiger partial charge in [-0.05, 0) is 49.2 Å². The van der Waals surface area contributed by atoms with Gasteiger partial charge in [0.2, 0.25) is 5.91 Å². The zero-order valence-corrected chi connectivity index (χ0v) is 14.9. The van der Waals surface area contributed by atoms with Gasteiger partial charge in [0.15, 0.2) is 5.11 Å². The van der Waals surface area contributed by atoms with Crippen LogP contribution >= 0.6 is 12.2 Å². The molecule has 1 saturated heterocycles. The molecule has 2 atom stereocenters. The second kappa shape index (κ2) is 6.45. The minimum absolute atomic E-state index is 0.0364. The SMILES string of the molecule is Cc1cccc(C2=CC(N3C(=O)C4C=CC=CC4NC3=S)=CCC2)c1. The van der Waals surface area contributed by atoms with E-state index in [1.165, 1.54) is 16.7 Å². The molecular weight excluding hydrogens is 328 g/mol. The lowest BCUT2D eigenvalue weighted by Crippen LogP contribution is -2.58. The van der Waals surface area contributed by atoms with Gasteiger partial charge in [-0.1, -0.05) is 60.2 Å². The van der Waals surface area contributed by atoms with Gasteiger partial charge in [-0.3, -0.25) is 9.69 Å². The second-order valence-corrected chi connectivity index (χ2v) is 7.04. The Morgan fingerprint density at radius 1 is 1.24 bits per heavy atom. The van der Waals surface area contributed by atoms with Crippen molar-refractivity contribution in [2.45, 2.75) is 25.8 Å². The van der Waals surface area contributed by atoms with E-state index in [1.807, 2.05) is 24.3 Å². The molecule has 1 aliphatic heterocycles. The van der Waals surface area contributed by atoms with Crippen LogP contribution in [-0.2, 0) is 4.79 Å². The summed E-state index contributed by atoms with van der Waals surface area (Å²) >= 11 is 5.50. The Balaban J connectivity index is 1.65. The highest BCUT2D eigenvalue weighted by molar-refractivity contribution is 7.80. The highest BCUT2D eigenvalue weighted by Gasteiger charge is 2.38. The Bertz CT molecular complexity index is 862. The summed E-state index contributed by atoms with van der Waals surface area (Å²) in [5.74, 6) is -0.155. The van der Waals surface area contributed by atoms with Crippen LogP contribution in [0.2, 0.25) is 0 Å². The zero-order valence-electron chi connectivity index (χ0n) is 14.1. The third-order valence-electron chi connectivity index (χ3n) is 4.87. The largest absolute Gasteiger partial charge is 0.355 e. The van der Waals surface area contributed by atoms with Gasteiger partial charge in [0.25, 0.3) is 0 Å². The monoisotopic (exact) mass is 348 g/mol. The average Bonchev–Trinajstić information content (AvgIpc) is 2.62. The molecule has 1 N–H and O–H groups in total. The number of nitrogens with zero attached hydrogens (tertiary/aromatic N) is 1. The number of benzene rings is 1. The molecule has 0 spiro atoms. The Morgan fingerprint density at radius 3 is 2.92 bits per heavy atom. The number of rotatable bonds is 2. The van der Waals surface area contributed by atoms with E-state index in [4.69, 9.17) is 12.2 Å². The van der Waals surface area contributed by atoms with Gasteiger partial charge < -0.3 is 5.32 Å². The number of thiocarbonyl (C=S) groups is 1. The molecule has 2 unspecified atom stereocenters. The molecule has 4 heteroatoms. The van der Waals surface area contributed by atoms with E-state index in [2.05, 4.69) is 48.7 Å². The van der Waals surface area contributed by atoms with Crippen LogP contribution in [0.3, 0.4) is 0 Å². The predicted octanol–water partition coefficient (Wildman–Crippen LogP) is 3.88. The summed E-state index contributed by atoms with van der Waals surface area (Å²) in [5.41, 5.74) is 4.58. The summed E-state index contributed by atoms with van der Waals surface area (Å²) in [6.07, 6.45) is 13.9. The highest BCUT2D eigenvalue weighted by atomic mass is 32.1. The third-order valence-corrected chi connectivity index (χ3v) is 5.17. The van der Waals surface area contributed by atoms with Gasteiger partial charge in [-0.15, -0.1) is 0 Å². The van der Waals surface area contributed by atoms with Gasteiger partial charge in [0, 0.05) is 5.70 Å². The maximum absolute atomic E-state index is 13.0. The topological polar surface area (TPSA) is 32.3 Å². The standard InChI is InChI=1S/C21H20N2OS/c1-14-6-4-7-15(12-14)16-8-5-9-17(13-16)23-20(24)18-10-2-3-11-19(18)22-21(23)25/h2-4,6-7,9-13,18-19H,5,8H2,1H3,(H,22,25). The lowest BCUT2D eigenvalue weighted by Gasteiger charge is -2.39. The molecule has 1 aromatic rings. The number of carbonyl (C=O) groups excluding carboxylic acids is 1. The molecule has 1 amide bonds. The number of nitrogens with one attached hydrogen (secondary N) is 1. The van der Waals surface area contributed by atoms with Crippen molar-refractivity contribution >= 4 is 28.8 Å². The summed E-state index contributed by atoms with van der Waals surface area (Å²) in [6.45, 7) is 2.10. The van der Waals surface area contributed by atoms with E-state index in [0.717, 1.165) is 18.5 Å². The molecule has 0 radical (unpaired) electrons. The Labute approximate surface area is 153 Å². The first kappa shape index (κ1) is 16.0. The molecule has 1 heterocycles. The van der Waals surface area contributed by atoms with Crippen molar-refractivity contribution in [1.82, 2.24) is 10.2 Å². The van der Waals surface area contributed by atoms with Crippen molar-refractivity contribution in [2.75, 3.05) is 0 Å². The van der Waals surface area contributed by atoms with Crippen LogP contribution in [0, 0.1) is 12.8 Å². The summed E-state index contributed by atoms with van der Waals surface area (Å²) < 4.78 is 0. The molecule has 1 fully saturated rings. The molecule has 0 aromatic heterocycles. The number of amides is 1. The Morgan fingerprint density at radius 2 is 2.08 bits per heavy atom. The van der Waals surface area contributed by atoms with Gasteiger partial charge in [-0.25, -0.2) is 0 Å². The van der Waals surface area contributed by atoms with Crippen LogP contribution in [0.1, 0.15) is 24.0 Å². The smallest absolute Gasteiger partial charge is 0.242 e.